The number of amides is 1. The number of halogens is 2. The number of para-hydroxylation sites is 1. The van der Waals surface area contributed by atoms with Crippen molar-refractivity contribution in [3.05, 3.63) is 75.3 Å². The molecule has 0 saturated carbocycles. The molecule has 0 spiro atoms. The van der Waals surface area contributed by atoms with Crippen LogP contribution >= 0.6 is 11.6 Å². The van der Waals surface area contributed by atoms with Crippen molar-refractivity contribution >= 4 is 34.1 Å². The van der Waals surface area contributed by atoms with Crippen LogP contribution in [0, 0.1) is 5.82 Å². The Hall–Kier alpha value is -2.66. The number of H-pyrrole nitrogens is 1. The predicted octanol–water partition coefficient (Wildman–Crippen LogP) is 3.57. The lowest BCUT2D eigenvalue weighted by atomic mass is 10.1. The molecule has 110 valence electrons. The molecular formula is C16H10ClFN2O2. The van der Waals surface area contributed by atoms with Crippen LogP contribution in [-0.2, 0) is 0 Å². The van der Waals surface area contributed by atoms with Crippen molar-refractivity contribution in [3.8, 4) is 0 Å². The highest BCUT2D eigenvalue weighted by atomic mass is 35.5. The van der Waals surface area contributed by atoms with E-state index in [1.807, 2.05) is 0 Å². The van der Waals surface area contributed by atoms with Crippen LogP contribution in [0.5, 0.6) is 0 Å². The maximum absolute atomic E-state index is 13.6. The molecule has 0 radical (unpaired) electrons. The lowest BCUT2D eigenvalue weighted by molar-refractivity contribution is 0.102. The summed E-state index contributed by atoms with van der Waals surface area (Å²) in [5.41, 5.74) is -0.0890. The van der Waals surface area contributed by atoms with Crippen LogP contribution in [0.3, 0.4) is 0 Å². The lowest BCUT2D eigenvalue weighted by Gasteiger charge is -2.06. The summed E-state index contributed by atoms with van der Waals surface area (Å²) in [7, 11) is 0. The first-order chi connectivity index (χ1) is 10.6. The second-order valence-corrected chi connectivity index (χ2v) is 5.09. The van der Waals surface area contributed by atoms with Gasteiger partial charge in [-0.25, -0.2) is 4.39 Å². The molecule has 0 unspecified atom stereocenters. The van der Waals surface area contributed by atoms with Gasteiger partial charge >= 0.3 is 0 Å². The Kier molecular flexibility index (Phi) is 3.65. The van der Waals surface area contributed by atoms with Crippen molar-refractivity contribution in [2.75, 3.05) is 5.32 Å². The zero-order valence-corrected chi connectivity index (χ0v) is 11.9. The lowest BCUT2D eigenvalue weighted by Crippen LogP contribution is -2.22. The molecule has 22 heavy (non-hydrogen) atoms. The summed E-state index contributed by atoms with van der Waals surface area (Å²) in [5, 5.41) is 3.17. The summed E-state index contributed by atoms with van der Waals surface area (Å²) in [4.78, 5) is 27.2. The smallest absolute Gasteiger partial charge is 0.261 e. The van der Waals surface area contributed by atoms with Gasteiger partial charge in [0.1, 0.15) is 11.4 Å². The van der Waals surface area contributed by atoms with Crippen LogP contribution in [0.2, 0.25) is 5.02 Å². The van der Waals surface area contributed by atoms with Gasteiger partial charge in [0, 0.05) is 22.3 Å². The molecule has 2 N–H and O–H groups in total. The van der Waals surface area contributed by atoms with E-state index < -0.39 is 17.2 Å². The van der Waals surface area contributed by atoms with Crippen LogP contribution < -0.4 is 10.7 Å². The first kappa shape index (κ1) is 14.3. The van der Waals surface area contributed by atoms with Gasteiger partial charge in [-0.3, -0.25) is 9.59 Å². The van der Waals surface area contributed by atoms with Gasteiger partial charge in [-0.15, -0.1) is 0 Å². The SMILES string of the molecule is O=C(Nc1cccc(Cl)c1)c1c[nH]c2c(F)cccc2c1=O. The number of fused-ring (bicyclic) bond motifs is 1. The molecule has 0 aliphatic rings. The summed E-state index contributed by atoms with van der Waals surface area (Å²) in [6, 6.07) is 10.7. The highest BCUT2D eigenvalue weighted by molar-refractivity contribution is 6.31. The predicted molar refractivity (Wildman–Crippen MR) is 83.9 cm³/mol. The average molecular weight is 317 g/mol. The van der Waals surface area contributed by atoms with Gasteiger partial charge in [-0.05, 0) is 30.3 Å². The number of pyridine rings is 1. The van der Waals surface area contributed by atoms with Gasteiger partial charge < -0.3 is 10.3 Å². The zero-order chi connectivity index (χ0) is 15.7. The third kappa shape index (κ3) is 2.58. The maximum Gasteiger partial charge on any atom is 0.261 e. The molecule has 3 rings (SSSR count). The fourth-order valence-corrected chi connectivity index (χ4v) is 2.34. The van der Waals surface area contributed by atoms with Crippen molar-refractivity contribution in [1.29, 1.82) is 0 Å². The number of carbonyl (C=O) groups excluding carboxylic acids is 1. The van der Waals surface area contributed by atoms with E-state index in [1.54, 1.807) is 24.3 Å². The number of carbonyl (C=O) groups is 1. The molecule has 3 aromatic rings. The largest absolute Gasteiger partial charge is 0.358 e. The fraction of sp³-hybridized carbons (Fsp3) is 0. The van der Waals surface area contributed by atoms with Crippen LogP contribution in [0.15, 0.2) is 53.5 Å². The summed E-state index contributed by atoms with van der Waals surface area (Å²) in [6.07, 6.45) is 1.20. The Balaban J connectivity index is 2.01. The van der Waals surface area contributed by atoms with E-state index in [2.05, 4.69) is 10.3 Å². The van der Waals surface area contributed by atoms with Crippen molar-refractivity contribution in [1.82, 2.24) is 4.98 Å². The van der Waals surface area contributed by atoms with Gasteiger partial charge in [-0.1, -0.05) is 23.7 Å². The van der Waals surface area contributed by atoms with E-state index in [4.69, 9.17) is 11.6 Å². The Morgan fingerprint density at radius 2 is 1.95 bits per heavy atom. The molecule has 1 amide bonds. The highest BCUT2D eigenvalue weighted by Crippen LogP contribution is 2.16. The second kappa shape index (κ2) is 5.61. The Morgan fingerprint density at radius 1 is 1.18 bits per heavy atom. The number of aromatic nitrogens is 1. The first-order valence-electron chi connectivity index (χ1n) is 6.43. The zero-order valence-electron chi connectivity index (χ0n) is 11.2. The molecule has 0 aliphatic heterocycles. The second-order valence-electron chi connectivity index (χ2n) is 4.66. The van der Waals surface area contributed by atoms with Gasteiger partial charge in [0.05, 0.1) is 5.52 Å². The van der Waals surface area contributed by atoms with Crippen molar-refractivity contribution in [2.45, 2.75) is 0 Å². The minimum Gasteiger partial charge on any atom is -0.358 e. The van der Waals surface area contributed by atoms with E-state index in [0.717, 1.165) is 0 Å². The third-order valence-corrected chi connectivity index (χ3v) is 3.43. The maximum atomic E-state index is 13.6. The number of rotatable bonds is 2. The molecule has 0 fully saturated rings. The molecule has 2 aromatic carbocycles. The standard InChI is InChI=1S/C16H10ClFN2O2/c17-9-3-1-4-10(7-9)20-16(22)12-8-19-14-11(15(12)21)5-2-6-13(14)18/h1-8H,(H,19,21)(H,20,22). The van der Waals surface area contributed by atoms with Crippen molar-refractivity contribution < 1.29 is 9.18 Å². The van der Waals surface area contributed by atoms with Gasteiger partial charge in [0.25, 0.3) is 5.91 Å². The molecule has 1 aromatic heterocycles. The number of nitrogens with one attached hydrogen (secondary N) is 2. The van der Waals surface area contributed by atoms with Crippen LogP contribution in [0.25, 0.3) is 10.9 Å². The average Bonchev–Trinajstić information content (AvgIpc) is 2.48. The highest BCUT2D eigenvalue weighted by Gasteiger charge is 2.14. The molecule has 0 atom stereocenters. The topological polar surface area (TPSA) is 62.0 Å². The summed E-state index contributed by atoms with van der Waals surface area (Å²) < 4.78 is 13.6. The quantitative estimate of drug-likeness (QED) is 0.759. The van der Waals surface area contributed by atoms with Gasteiger partial charge in [0.15, 0.2) is 0 Å². The number of anilines is 1. The fourth-order valence-electron chi connectivity index (χ4n) is 2.15. The summed E-state index contributed by atoms with van der Waals surface area (Å²) >= 11 is 5.84. The summed E-state index contributed by atoms with van der Waals surface area (Å²) in [5.74, 6) is -1.13. The number of hydrogen-bond donors (Lipinski definition) is 2. The normalized spacial score (nSPS) is 10.6. The molecule has 4 nitrogen and oxygen atoms in total. The van der Waals surface area contributed by atoms with Crippen molar-refractivity contribution in [3.63, 3.8) is 0 Å². The minimum atomic E-state index is -0.588. The third-order valence-electron chi connectivity index (χ3n) is 3.19. The van der Waals surface area contributed by atoms with Crippen LogP contribution in [0.1, 0.15) is 10.4 Å². The van der Waals surface area contributed by atoms with E-state index in [9.17, 15) is 14.0 Å². The summed E-state index contributed by atoms with van der Waals surface area (Å²) in [6.45, 7) is 0. The Morgan fingerprint density at radius 3 is 2.73 bits per heavy atom. The van der Waals surface area contributed by atoms with E-state index >= 15 is 0 Å². The van der Waals surface area contributed by atoms with E-state index in [-0.39, 0.29) is 16.5 Å². The molecule has 6 heteroatoms. The van der Waals surface area contributed by atoms with Crippen LogP contribution in [-0.4, -0.2) is 10.9 Å². The molecular weight excluding hydrogens is 307 g/mol. The Bertz CT molecular complexity index is 937. The van der Waals surface area contributed by atoms with Gasteiger partial charge in [-0.2, -0.15) is 0 Å². The molecule has 0 bridgehead atoms. The molecule has 0 aliphatic carbocycles. The first-order valence-corrected chi connectivity index (χ1v) is 6.81. The number of aromatic amines is 1. The monoisotopic (exact) mass is 316 g/mol. The Labute approximate surface area is 129 Å². The van der Waals surface area contributed by atoms with Crippen LogP contribution in [0.4, 0.5) is 10.1 Å². The van der Waals surface area contributed by atoms with Gasteiger partial charge in [0.2, 0.25) is 5.43 Å². The number of benzene rings is 2. The molecule has 1 heterocycles. The van der Waals surface area contributed by atoms with E-state index in [0.29, 0.717) is 10.7 Å². The molecule has 0 saturated heterocycles. The van der Waals surface area contributed by atoms with Crippen molar-refractivity contribution in [2.24, 2.45) is 0 Å². The van der Waals surface area contributed by atoms with E-state index in [1.165, 1.54) is 24.4 Å². The minimum absolute atomic E-state index is 0.0757. The number of hydrogen-bond acceptors (Lipinski definition) is 2.